The second-order valence-electron chi connectivity index (χ2n) is 7.23. The number of anilines is 1. The fourth-order valence-electron chi connectivity index (χ4n) is 2.66. The zero-order valence-electron chi connectivity index (χ0n) is 19.0. The lowest BCUT2D eigenvalue weighted by atomic mass is 10.2. The van der Waals surface area contributed by atoms with Gasteiger partial charge in [-0.1, -0.05) is 0 Å². The molecule has 0 saturated carbocycles. The van der Waals surface area contributed by atoms with Crippen LogP contribution in [0.2, 0.25) is 0 Å². The molecule has 0 aliphatic rings. The Morgan fingerprint density at radius 1 is 0.730 bits per heavy atom. The van der Waals surface area contributed by atoms with Crippen molar-refractivity contribution < 1.29 is 44.7 Å². The number of nitrogen functional groups attached to an aromatic ring is 1. The standard InChI is InChI=1S/C17H15N3O6.C7H7NO3/c21-14-6-5-12(9-13(14)17(25)26)20-19-11-3-1-10(2-4-11)16(24)18-8-7-15(22)23;8-4-1-2-6(9)5(3-4)7(10)11/h1-6,9,21H,7-8H2,(H,18,24)(H,22,23)(H,25,26);1-3,9H,8H2,(H,10,11). The van der Waals surface area contributed by atoms with Crippen LogP contribution in [0, 0.1) is 0 Å². The van der Waals surface area contributed by atoms with E-state index >= 15 is 0 Å². The molecule has 0 unspecified atom stereocenters. The van der Waals surface area contributed by atoms with E-state index in [2.05, 4.69) is 15.5 Å². The third-order valence-electron chi connectivity index (χ3n) is 4.50. The van der Waals surface area contributed by atoms with E-state index in [1.807, 2.05) is 0 Å². The molecule has 13 nitrogen and oxygen atoms in total. The molecule has 37 heavy (non-hydrogen) atoms. The van der Waals surface area contributed by atoms with Gasteiger partial charge in [-0.25, -0.2) is 9.59 Å². The highest BCUT2D eigenvalue weighted by molar-refractivity contribution is 5.94. The van der Waals surface area contributed by atoms with Crippen molar-refractivity contribution in [3.05, 3.63) is 77.4 Å². The molecule has 0 radical (unpaired) electrons. The molecule has 0 aliphatic carbocycles. The zero-order valence-corrected chi connectivity index (χ0v) is 19.0. The molecule has 192 valence electrons. The predicted octanol–water partition coefficient (Wildman–Crippen LogP) is 3.38. The van der Waals surface area contributed by atoms with Gasteiger partial charge in [0.2, 0.25) is 0 Å². The van der Waals surface area contributed by atoms with Crippen molar-refractivity contribution in [2.24, 2.45) is 10.2 Å². The topological polar surface area (TPSA) is 232 Å². The van der Waals surface area contributed by atoms with E-state index < -0.39 is 23.8 Å². The lowest BCUT2D eigenvalue weighted by Crippen LogP contribution is -2.25. The lowest BCUT2D eigenvalue weighted by Gasteiger charge is -2.03. The third kappa shape index (κ3) is 8.68. The summed E-state index contributed by atoms with van der Waals surface area (Å²) in [5.41, 5.74) is 6.17. The fourth-order valence-corrected chi connectivity index (χ4v) is 2.66. The van der Waals surface area contributed by atoms with Gasteiger partial charge in [-0.3, -0.25) is 9.59 Å². The summed E-state index contributed by atoms with van der Waals surface area (Å²) in [6.07, 6.45) is -0.164. The van der Waals surface area contributed by atoms with Gasteiger partial charge in [0, 0.05) is 17.8 Å². The predicted molar refractivity (Wildman–Crippen MR) is 130 cm³/mol. The first-order valence-corrected chi connectivity index (χ1v) is 10.4. The molecule has 0 bridgehead atoms. The van der Waals surface area contributed by atoms with Crippen molar-refractivity contribution in [1.29, 1.82) is 0 Å². The van der Waals surface area contributed by atoms with Gasteiger partial charge < -0.3 is 36.6 Å². The van der Waals surface area contributed by atoms with E-state index in [1.54, 1.807) is 0 Å². The Morgan fingerprint density at radius 2 is 1.24 bits per heavy atom. The van der Waals surface area contributed by atoms with Crippen molar-refractivity contribution in [3.63, 3.8) is 0 Å². The zero-order chi connectivity index (χ0) is 27.5. The van der Waals surface area contributed by atoms with E-state index in [-0.39, 0.29) is 41.3 Å². The van der Waals surface area contributed by atoms with Crippen LogP contribution < -0.4 is 11.1 Å². The molecule has 1 amide bonds. The largest absolute Gasteiger partial charge is 0.507 e. The molecule has 0 spiro atoms. The van der Waals surface area contributed by atoms with Crippen LogP contribution in [0.15, 0.2) is 70.9 Å². The molecule has 0 aromatic heterocycles. The van der Waals surface area contributed by atoms with Gasteiger partial charge in [0.05, 0.1) is 17.8 Å². The van der Waals surface area contributed by atoms with Crippen molar-refractivity contribution in [3.8, 4) is 11.5 Å². The summed E-state index contributed by atoms with van der Waals surface area (Å²) in [5, 5.41) is 54.7. The van der Waals surface area contributed by atoms with Crippen LogP contribution in [0.3, 0.4) is 0 Å². The Labute approximate surface area is 209 Å². The molecule has 0 aliphatic heterocycles. The molecule has 0 saturated heterocycles. The third-order valence-corrected chi connectivity index (χ3v) is 4.50. The van der Waals surface area contributed by atoms with Crippen LogP contribution in [0.25, 0.3) is 0 Å². The Morgan fingerprint density at radius 3 is 1.78 bits per heavy atom. The number of azo groups is 1. The monoisotopic (exact) mass is 510 g/mol. The van der Waals surface area contributed by atoms with Crippen molar-refractivity contribution in [2.45, 2.75) is 6.42 Å². The number of nitrogens with two attached hydrogens (primary N) is 1. The number of hydrogen-bond donors (Lipinski definition) is 7. The first kappa shape index (κ1) is 27.8. The number of carboxylic acid groups (broad SMARTS) is 3. The molecule has 8 N–H and O–H groups in total. The summed E-state index contributed by atoms with van der Waals surface area (Å²) in [6.45, 7) is 0.0301. The maximum atomic E-state index is 11.8. The number of nitrogens with one attached hydrogen (secondary N) is 1. The Kier molecular flexibility index (Phi) is 9.65. The number of rotatable bonds is 8. The van der Waals surface area contributed by atoms with E-state index in [4.69, 9.17) is 26.2 Å². The molecular formula is C24H22N4O9. The van der Waals surface area contributed by atoms with E-state index in [0.717, 1.165) is 0 Å². The Bertz CT molecular complexity index is 1340. The number of nitrogens with zero attached hydrogens (tertiary/aromatic N) is 2. The van der Waals surface area contributed by atoms with Gasteiger partial charge >= 0.3 is 17.9 Å². The van der Waals surface area contributed by atoms with Crippen LogP contribution in [-0.4, -0.2) is 55.9 Å². The smallest absolute Gasteiger partial charge is 0.339 e. The molecule has 0 heterocycles. The second kappa shape index (κ2) is 12.9. The number of aromatic carboxylic acids is 2. The van der Waals surface area contributed by atoms with Gasteiger partial charge in [0.25, 0.3) is 5.91 Å². The molecule has 3 rings (SSSR count). The summed E-state index contributed by atoms with van der Waals surface area (Å²) in [5.74, 6) is -4.50. The number of carboxylic acids is 3. The van der Waals surface area contributed by atoms with Crippen molar-refractivity contribution in [2.75, 3.05) is 12.3 Å². The second-order valence-corrected chi connectivity index (χ2v) is 7.23. The molecule has 13 heteroatoms. The minimum Gasteiger partial charge on any atom is -0.507 e. The Hall–Kier alpha value is -5.46. The van der Waals surface area contributed by atoms with Gasteiger partial charge in [0.15, 0.2) is 0 Å². The maximum Gasteiger partial charge on any atom is 0.339 e. The number of hydrogen-bond acceptors (Lipinski definition) is 9. The molecule has 3 aromatic rings. The number of phenols is 2. The number of carbonyl (C=O) groups is 4. The van der Waals surface area contributed by atoms with Crippen molar-refractivity contribution in [1.82, 2.24) is 5.32 Å². The molecule has 0 fully saturated rings. The van der Waals surface area contributed by atoms with Gasteiger partial charge in [-0.05, 0) is 60.7 Å². The van der Waals surface area contributed by atoms with Crippen LogP contribution in [-0.2, 0) is 4.79 Å². The summed E-state index contributed by atoms with van der Waals surface area (Å²) in [6, 6.07) is 13.8. The number of aliphatic carboxylic acids is 1. The quantitative estimate of drug-likeness (QED) is 0.132. The number of aromatic hydroxyl groups is 2. The number of carbonyl (C=O) groups excluding carboxylic acids is 1. The highest BCUT2D eigenvalue weighted by atomic mass is 16.4. The highest BCUT2D eigenvalue weighted by Gasteiger charge is 2.10. The summed E-state index contributed by atoms with van der Waals surface area (Å²) in [4.78, 5) is 43.5. The van der Waals surface area contributed by atoms with E-state index in [9.17, 15) is 24.3 Å². The van der Waals surface area contributed by atoms with Crippen LogP contribution in [0.1, 0.15) is 37.5 Å². The van der Waals surface area contributed by atoms with E-state index in [1.165, 1.54) is 60.7 Å². The first-order valence-electron chi connectivity index (χ1n) is 10.4. The maximum absolute atomic E-state index is 11.8. The Balaban J connectivity index is 0.000000364. The highest BCUT2D eigenvalue weighted by Crippen LogP contribution is 2.25. The number of amides is 1. The molecule has 3 aromatic carbocycles. The molecule has 0 atom stereocenters. The SMILES string of the molecule is Nc1ccc(O)c(C(=O)O)c1.O=C(O)CCNC(=O)c1ccc(N=Nc2ccc(O)c(C(=O)O)c2)cc1. The number of benzene rings is 3. The summed E-state index contributed by atoms with van der Waals surface area (Å²) in [7, 11) is 0. The van der Waals surface area contributed by atoms with Crippen LogP contribution in [0.5, 0.6) is 11.5 Å². The average molecular weight is 510 g/mol. The normalized spacial score (nSPS) is 10.3. The summed E-state index contributed by atoms with van der Waals surface area (Å²) >= 11 is 0. The van der Waals surface area contributed by atoms with Crippen LogP contribution in [0.4, 0.5) is 17.1 Å². The minimum absolute atomic E-state index is 0.0301. The van der Waals surface area contributed by atoms with Crippen molar-refractivity contribution >= 4 is 40.9 Å². The van der Waals surface area contributed by atoms with Gasteiger partial charge in [-0.15, -0.1) is 0 Å². The lowest BCUT2D eigenvalue weighted by molar-refractivity contribution is -0.136. The minimum atomic E-state index is -1.28. The van der Waals surface area contributed by atoms with Gasteiger partial charge in [-0.2, -0.15) is 10.2 Å². The van der Waals surface area contributed by atoms with E-state index in [0.29, 0.717) is 16.9 Å². The fraction of sp³-hybridized carbons (Fsp3) is 0.0833. The first-order chi connectivity index (χ1) is 17.5. The molecular weight excluding hydrogens is 488 g/mol. The average Bonchev–Trinajstić information content (AvgIpc) is 2.85. The van der Waals surface area contributed by atoms with Gasteiger partial charge in [0.1, 0.15) is 22.6 Å². The summed E-state index contributed by atoms with van der Waals surface area (Å²) < 4.78 is 0. The van der Waals surface area contributed by atoms with Crippen LogP contribution >= 0.6 is 0 Å².